The third kappa shape index (κ3) is 1.40. The van der Waals surface area contributed by atoms with Crippen LogP contribution in [0.4, 0.5) is 0 Å². The van der Waals surface area contributed by atoms with Crippen LogP contribution in [0.15, 0.2) is 0 Å². The zero-order chi connectivity index (χ0) is 9.54. The summed E-state index contributed by atoms with van der Waals surface area (Å²) in [6.45, 7) is 3.88. The number of fused-ring (bicyclic) bond motifs is 2. The third-order valence-corrected chi connectivity index (χ3v) is 4.59. The molecule has 2 heteroatoms. The molecule has 78 valence electrons. The van der Waals surface area contributed by atoms with E-state index in [2.05, 4.69) is 4.90 Å². The first-order chi connectivity index (χ1) is 6.83. The van der Waals surface area contributed by atoms with Crippen LogP contribution in [0.5, 0.6) is 0 Å². The molecular weight excluding hydrogens is 174 g/mol. The number of hydrogen-bond donors (Lipinski definition) is 0. The zero-order valence-corrected chi connectivity index (χ0v) is 8.74. The van der Waals surface area contributed by atoms with Crippen molar-refractivity contribution in [2.24, 2.45) is 17.8 Å². The van der Waals surface area contributed by atoms with Crippen LogP contribution in [0.25, 0.3) is 0 Å². The van der Waals surface area contributed by atoms with Crippen LogP contribution in [0.1, 0.15) is 32.1 Å². The lowest BCUT2D eigenvalue weighted by atomic mass is 9.71. The van der Waals surface area contributed by atoms with Gasteiger partial charge in [0.15, 0.2) is 0 Å². The highest BCUT2D eigenvalue weighted by Crippen LogP contribution is 2.42. The highest BCUT2D eigenvalue weighted by molar-refractivity contribution is 5.79. The van der Waals surface area contributed by atoms with Crippen molar-refractivity contribution >= 4 is 5.78 Å². The van der Waals surface area contributed by atoms with Gasteiger partial charge >= 0.3 is 0 Å². The van der Waals surface area contributed by atoms with Crippen LogP contribution in [-0.4, -0.2) is 30.3 Å². The van der Waals surface area contributed by atoms with Gasteiger partial charge < -0.3 is 4.90 Å². The fourth-order valence-electron chi connectivity index (χ4n) is 3.77. The number of ketones is 1. The smallest absolute Gasteiger partial charge is 0.133 e. The minimum absolute atomic E-state index is 0.534. The molecular formula is C12H19NO. The fraction of sp³-hybridized carbons (Fsp3) is 0.917. The summed E-state index contributed by atoms with van der Waals surface area (Å²) in [6.07, 6.45) is 5.66. The number of piperidine rings is 1. The Balaban J connectivity index is 1.83. The first-order valence-corrected chi connectivity index (χ1v) is 6.07. The Hall–Kier alpha value is -0.370. The minimum Gasteiger partial charge on any atom is -0.303 e. The maximum absolute atomic E-state index is 11.5. The Morgan fingerprint density at radius 2 is 1.86 bits per heavy atom. The lowest BCUT2D eigenvalue weighted by molar-refractivity contribution is -0.123. The lowest BCUT2D eigenvalue weighted by Gasteiger charge is -2.33. The summed E-state index contributed by atoms with van der Waals surface area (Å²) in [5, 5.41) is 0. The van der Waals surface area contributed by atoms with E-state index in [0.29, 0.717) is 5.78 Å². The van der Waals surface area contributed by atoms with Crippen LogP contribution in [0, 0.1) is 17.8 Å². The van der Waals surface area contributed by atoms with Crippen LogP contribution >= 0.6 is 0 Å². The van der Waals surface area contributed by atoms with Crippen molar-refractivity contribution in [2.75, 3.05) is 19.6 Å². The Morgan fingerprint density at radius 1 is 1.07 bits per heavy atom. The summed E-state index contributed by atoms with van der Waals surface area (Å²) in [5.74, 6) is 3.01. The second kappa shape index (κ2) is 3.34. The molecule has 2 nitrogen and oxygen atoms in total. The van der Waals surface area contributed by atoms with Crippen molar-refractivity contribution in [1.82, 2.24) is 4.90 Å². The fourth-order valence-corrected chi connectivity index (χ4v) is 3.77. The van der Waals surface area contributed by atoms with Gasteiger partial charge in [-0.15, -0.1) is 0 Å². The number of hydrogen-bond acceptors (Lipinski definition) is 2. The predicted octanol–water partition coefficient (Wildman–Crippen LogP) is 1.70. The Bertz CT molecular complexity index is 243. The minimum atomic E-state index is 0.534. The molecule has 2 bridgehead atoms. The molecule has 0 aromatic rings. The van der Waals surface area contributed by atoms with E-state index in [1.807, 2.05) is 0 Å². The standard InChI is InChI=1S/C12H19NO/c14-11-2-1-10-8-13-5-3-9(4-6-13)12(10)7-11/h9-10,12H,1-8H2. The Kier molecular flexibility index (Phi) is 2.12. The van der Waals surface area contributed by atoms with E-state index in [9.17, 15) is 4.79 Å². The number of nitrogens with zero attached hydrogens (tertiary/aromatic N) is 1. The number of carbonyl (C=O) groups excluding carboxylic acids is 1. The number of rotatable bonds is 0. The van der Waals surface area contributed by atoms with Crippen LogP contribution < -0.4 is 0 Å². The van der Waals surface area contributed by atoms with Gasteiger partial charge in [-0.05, 0) is 50.1 Å². The summed E-state index contributed by atoms with van der Waals surface area (Å²) in [6, 6.07) is 0. The van der Waals surface area contributed by atoms with Gasteiger partial charge in [-0.3, -0.25) is 4.79 Å². The first-order valence-electron chi connectivity index (χ1n) is 6.07. The molecule has 4 fully saturated rings. The summed E-state index contributed by atoms with van der Waals surface area (Å²) >= 11 is 0. The molecule has 4 aliphatic rings. The molecule has 2 unspecified atom stereocenters. The van der Waals surface area contributed by atoms with E-state index in [1.54, 1.807) is 0 Å². The summed E-state index contributed by atoms with van der Waals surface area (Å²) < 4.78 is 0. The maximum atomic E-state index is 11.5. The second-order valence-electron chi connectivity index (χ2n) is 5.34. The Labute approximate surface area is 85.7 Å². The molecule has 14 heavy (non-hydrogen) atoms. The molecule has 0 N–H and O–H groups in total. The molecule has 0 amide bonds. The SMILES string of the molecule is O=C1CCC2CN3CCC(CC3)C2C1. The van der Waals surface area contributed by atoms with Crippen molar-refractivity contribution in [3.63, 3.8) is 0 Å². The number of Topliss-reactive ketones (excluding diaryl/α,β-unsaturated/α-hetero) is 1. The molecule has 1 aliphatic carbocycles. The quantitative estimate of drug-likeness (QED) is 0.583. The zero-order valence-electron chi connectivity index (χ0n) is 8.74. The molecule has 3 aliphatic heterocycles. The lowest BCUT2D eigenvalue weighted by Crippen LogP contribution is -2.32. The molecule has 0 radical (unpaired) electrons. The summed E-state index contributed by atoms with van der Waals surface area (Å²) in [4.78, 5) is 14.1. The van der Waals surface area contributed by atoms with Gasteiger partial charge in [-0.1, -0.05) is 0 Å². The van der Waals surface area contributed by atoms with E-state index in [-0.39, 0.29) is 0 Å². The van der Waals surface area contributed by atoms with E-state index in [1.165, 1.54) is 38.9 Å². The Morgan fingerprint density at radius 3 is 2.64 bits per heavy atom. The summed E-state index contributed by atoms with van der Waals surface area (Å²) in [5.41, 5.74) is 0. The van der Waals surface area contributed by atoms with Crippen LogP contribution in [0.2, 0.25) is 0 Å². The van der Waals surface area contributed by atoms with Crippen molar-refractivity contribution in [3.8, 4) is 0 Å². The molecule has 2 atom stereocenters. The first kappa shape index (κ1) is 8.90. The molecule has 3 heterocycles. The van der Waals surface area contributed by atoms with E-state index >= 15 is 0 Å². The monoisotopic (exact) mass is 193 g/mol. The van der Waals surface area contributed by atoms with Gasteiger partial charge in [-0.2, -0.15) is 0 Å². The molecule has 0 spiro atoms. The van der Waals surface area contributed by atoms with Crippen LogP contribution in [0.3, 0.4) is 0 Å². The molecule has 3 saturated heterocycles. The second-order valence-corrected chi connectivity index (χ2v) is 5.34. The molecule has 0 aromatic heterocycles. The number of carbonyl (C=O) groups is 1. The normalized spacial score (nSPS) is 47.3. The molecule has 1 saturated carbocycles. The van der Waals surface area contributed by atoms with Gasteiger partial charge in [-0.25, -0.2) is 0 Å². The van der Waals surface area contributed by atoms with E-state index < -0.39 is 0 Å². The van der Waals surface area contributed by atoms with Crippen molar-refractivity contribution in [2.45, 2.75) is 32.1 Å². The van der Waals surface area contributed by atoms with Crippen molar-refractivity contribution < 1.29 is 4.79 Å². The van der Waals surface area contributed by atoms with Crippen molar-refractivity contribution in [3.05, 3.63) is 0 Å². The van der Waals surface area contributed by atoms with Gasteiger partial charge in [0.1, 0.15) is 5.78 Å². The third-order valence-electron chi connectivity index (χ3n) is 4.59. The van der Waals surface area contributed by atoms with Crippen molar-refractivity contribution in [1.29, 1.82) is 0 Å². The predicted molar refractivity (Wildman–Crippen MR) is 55.0 cm³/mol. The van der Waals surface area contributed by atoms with Gasteiger partial charge in [0.2, 0.25) is 0 Å². The van der Waals surface area contributed by atoms with Crippen LogP contribution in [-0.2, 0) is 4.79 Å². The molecule has 0 aromatic carbocycles. The topological polar surface area (TPSA) is 20.3 Å². The highest BCUT2D eigenvalue weighted by Gasteiger charge is 2.40. The van der Waals surface area contributed by atoms with E-state index in [0.717, 1.165) is 30.6 Å². The maximum Gasteiger partial charge on any atom is 0.133 e. The van der Waals surface area contributed by atoms with Gasteiger partial charge in [0.05, 0.1) is 0 Å². The van der Waals surface area contributed by atoms with Gasteiger partial charge in [0, 0.05) is 19.4 Å². The highest BCUT2D eigenvalue weighted by atomic mass is 16.1. The summed E-state index contributed by atoms with van der Waals surface area (Å²) in [7, 11) is 0. The largest absolute Gasteiger partial charge is 0.303 e. The van der Waals surface area contributed by atoms with E-state index in [4.69, 9.17) is 0 Å². The average molecular weight is 193 g/mol. The van der Waals surface area contributed by atoms with Gasteiger partial charge in [0.25, 0.3) is 0 Å². The average Bonchev–Trinajstić information content (AvgIpc) is 2.47. The molecule has 4 rings (SSSR count).